The van der Waals surface area contributed by atoms with Gasteiger partial charge in [0.15, 0.2) is 0 Å². The highest BCUT2D eigenvalue weighted by Crippen LogP contribution is 2.30. The monoisotopic (exact) mass is 330 g/mol. The van der Waals surface area contributed by atoms with E-state index in [4.69, 9.17) is 17.3 Å². The molecule has 1 aromatic carbocycles. The van der Waals surface area contributed by atoms with Crippen molar-refractivity contribution in [3.05, 3.63) is 23.2 Å². The van der Waals surface area contributed by atoms with Crippen LogP contribution in [0.4, 0.5) is 5.69 Å². The van der Waals surface area contributed by atoms with Crippen molar-refractivity contribution in [1.29, 1.82) is 0 Å². The molecule has 0 aliphatic heterocycles. The van der Waals surface area contributed by atoms with E-state index >= 15 is 0 Å². The molecule has 6 heteroatoms. The van der Waals surface area contributed by atoms with Gasteiger partial charge in [0.2, 0.25) is 10.0 Å². The zero-order valence-electron chi connectivity index (χ0n) is 12.3. The molecular weight excluding hydrogens is 308 g/mol. The second-order valence-electron chi connectivity index (χ2n) is 5.72. The Morgan fingerprint density at radius 3 is 2.57 bits per heavy atom. The molecule has 4 nitrogen and oxygen atoms in total. The van der Waals surface area contributed by atoms with E-state index in [2.05, 4.69) is 4.72 Å². The Morgan fingerprint density at radius 2 is 2.00 bits per heavy atom. The van der Waals surface area contributed by atoms with Crippen LogP contribution in [0.3, 0.4) is 0 Å². The average Bonchev–Trinajstić information content (AvgIpc) is 2.45. The molecule has 0 spiro atoms. The summed E-state index contributed by atoms with van der Waals surface area (Å²) in [5, 5.41) is 0.168. The number of hydrogen-bond donors (Lipinski definition) is 2. The third-order valence-corrected chi connectivity index (χ3v) is 6.18. The first kappa shape index (κ1) is 16.6. The van der Waals surface area contributed by atoms with E-state index in [9.17, 15) is 8.42 Å². The van der Waals surface area contributed by atoms with Crippen molar-refractivity contribution in [2.24, 2.45) is 5.92 Å². The van der Waals surface area contributed by atoms with Gasteiger partial charge in [-0.25, -0.2) is 13.1 Å². The van der Waals surface area contributed by atoms with Gasteiger partial charge in [0, 0.05) is 11.7 Å². The Kier molecular flexibility index (Phi) is 5.52. The van der Waals surface area contributed by atoms with Crippen LogP contribution in [0.15, 0.2) is 23.1 Å². The smallest absolute Gasteiger partial charge is 0.242 e. The van der Waals surface area contributed by atoms with Crippen LogP contribution >= 0.6 is 11.6 Å². The second-order valence-corrected chi connectivity index (χ2v) is 7.81. The van der Waals surface area contributed by atoms with Crippen LogP contribution in [0.2, 0.25) is 5.02 Å². The van der Waals surface area contributed by atoms with Crippen LogP contribution in [0, 0.1) is 5.92 Å². The Bertz CT molecular complexity index is 583. The number of nitrogens with two attached hydrogens (primary N) is 1. The van der Waals surface area contributed by atoms with Gasteiger partial charge in [-0.05, 0) is 43.4 Å². The van der Waals surface area contributed by atoms with Crippen molar-refractivity contribution in [3.63, 3.8) is 0 Å². The van der Waals surface area contributed by atoms with Gasteiger partial charge in [0.25, 0.3) is 0 Å². The summed E-state index contributed by atoms with van der Waals surface area (Å²) in [5.74, 6) is 0.422. The molecule has 0 amide bonds. The Hall–Kier alpha value is -0.780. The van der Waals surface area contributed by atoms with E-state index in [-0.39, 0.29) is 16.0 Å². The summed E-state index contributed by atoms with van der Waals surface area (Å²) in [7, 11) is -3.61. The minimum absolute atomic E-state index is 0.0241. The number of benzene rings is 1. The van der Waals surface area contributed by atoms with Crippen molar-refractivity contribution >= 4 is 27.3 Å². The predicted octanol–water partition coefficient (Wildman–Crippen LogP) is 3.56. The third kappa shape index (κ3) is 4.11. The first-order chi connectivity index (χ1) is 9.94. The van der Waals surface area contributed by atoms with Crippen molar-refractivity contribution in [3.8, 4) is 0 Å². The van der Waals surface area contributed by atoms with E-state index in [1.807, 2.05) is 6.92 Å². The van der Waals surface area contributed by atoms with E-state index in [0.717, 1.165) is 19.3 Å². The number of nitrogens with one attached hydrogen (secondary N) is 1. The average molecular weight is 331 g/mol. The van der Waals surface area contributed by atoms with Gasteiger partial charge in [-0.2, -0.15) is 0 Å². The maximum Gasteiger partial charge on any atom is 0.242 e. The fraction of sp³-hybridized carbons (Fsp3) is 0.600. The van der Waals surface area contributed by atoms with E-state index in [1.54, 1.807) is 6.07 Å². The fourth-order valence-electron chi connectivity index (χ4n) is 3.05. The normalized spacial score (nSPS) is 18.6. The molecular formula is C15H23ClN2O2S. The van der Waals surface area contributed by atoms with Crippen molar-refractivity contribution < 1.29 is 8.42 Å². The summed E-state index contributed by atoms with van der Waals surface area (Å²) in [6.45, 7) is 2.02. The standard InChI is InChI=1S/C15H23ClN2O2S/c1-2-14(11-6-4-3-5-7-11)18-21(19,20)15-9-8-12(17)10-13(15)16/h8-11,14,18H,2-7,17H2,1H3. The lowest BCUT2D eigenvalue weighted by atomic mass is 9.83. The topological polar surface area (TPSA) is 72.2 Å². The Balaban J connectivity index is 2.18. The molecule has 1 atom stereocenters. The molecule has 0 saturated heterocycles. The molecule has 1 unspecified atom stereocenters. The Morgan fingerprint density at radius 1 is 1.33 bits per heavy atom. The maximum absolute atomic E-state index is 12.5. The van der Waals surface area contributed by atoms with Crippen molar-refractivity contribution in [1.82, 2.24) is 4.72 Å². The fourth-order valence-corrected chi connectivity index (χ4v) is 4.99. The highest BCUT2D eigenvalue weighted by Gasteiger charge is 2.28. The van der Waals surface area contributed by atoms with Gasteiger partial charge in [0.05, 0.1) is 5.02 Å². The molecule has 21 heavy (non-hydrogen) atoms. The lowest BCUT2D eigenvalue weighted by Crippen LogP contribution is -2.40. The lowest BCUT2D eigenvalue weighted by molar-refractivity contribution is 0.285. The second kappa shape index (κ2) is 6.99. The van der Waals surface area contributed by atoms with Crippen LogP contribution in [-0.4, -0.2) is 14.5 Å². The lowest BCUT2D eigenvalue weighted by Gasteiger charge is -2.30. The first-order valence-electron chi connectivity index (χ1n) is 7.51. The van der Waals surface area contributed by atoms with Gasteiger partial charge in [-0.1, -0.05) is 37.8 Å². The predicted molar refractivity (Wildman–Crippen MR) is 86.8 cm³/mol. The van der Waals surface area contributed by atoms with Gasteiger partial charge in [-0.15, -0.1) is 0 Å². The first-order valence-corrected chi connectivity index (χ1v) is 9.37. The molecule has 1 saturated carbocycles. The highest BCUT2D eigenvalue weighted by molar-refractivity contribution is 7.89. The van der Waals surface area contributed by atoms with Gasteiger partial charge in [0.1, 0.15) is 4.90 Å². The maximum atomic E-state index is 12.5. The van der Waals surface area contributed by atoms with E-state index < -0.39 is 10.0 Å². The zero-order valence-corrected chi connectivity index (χ0v) is 13.9. The summed E-state index contributed by atoms with van der Waals surface area (Å²) >= 11 is 6.03. The summed E-state index contributed by atoms with van der Waals surface area (Å²) in [6.07, 6.45) is 6.60. The minimum atomic E-state index is -3.61. The number of sulfonamides is 1. The largest absolute Gasteiger partial charge is 0.399 e. The molecule has 0 heterocycles. The van der Waals surface area contributed by atoms with Gasteiger partial charge in [-0.3, -0.25) is 0 Å². The van der Waals surface area contributed by atoms with E-state index in [0.29, 0.717) is 11.6 Å². The third-order valence-electron chi connectivity index (χ3n) is 4.21. The Labute approximate surface area is 132 Å². The minimum Gasteiger partial charge on any atom is -0.399 e. The molecule has 0 bridgehead atoms. The summed E-state index contributed by atoms with van der Waals surface area (Å²) in [6, 6.07) is 4.47. The summed E-state index contributed by atoms with van der Waals surface area (Å²) in [5.41, 5.74) is 6.07. The molecule has 0 radical (unpaired) electrons. The van der Waals surface area contributed by atoms with Gasteiger partial charge >= 0.3 is 0 Å². The molecule has 0 aromatic heterocycles. The quantitative estimate of drug-likeness (QED) is 0.811. The van der Waals surface area contributed by atoms with Crippen molar-refractivity contribution in [2.75, 3.05) is 5.73 Å². The summed E-state index contributed by atoms with van der Waals surface area (Å²) in [4.78, 5) is 0.104. The zero-order chi connectivity index (χ0) is 15.5. The number of rotatable bonds is 5. The van der Waals surface area contributed by atoms with Crippen LogP contribution in [0.5, 0.6) is 0 Å². The number of halogens is 1. The molecule has 1 fully saturated rings. The molecule has 1 aromatic rings. The molecule has 3 N–H and O–H groups in total. The summed E-state index contributed by atoms with van der Waals surface area (Å²) < 4.78 is 27.9. The van der Waals surface area contributed by atoms with Crippen LogP contribution in [0.1, 0.15) is 45.4 Å². The van der Waals surface area contributed by atoms with Crippen LogP contribution < -0.4 is 10.5 Å². The number of nitrogen functional groups attached to an aromatic ring is 1. The van der Waals surface area contributed by atoms with Crippen LogP contribution in [0.25, 0.3) is 0 Å². The SMILES string of the molecule is CCC(NS(=O)(=O)c1ccc(N)cc1Cl)C1CCCCC1. The molecule has 2 rings (SSSR count). The molecule has 118 valence electrons. The number of hydrogen-bond acceptors (Lipinski definition) is 3. The molecule has 1 aliphatic carbocycles. The highest BCUT2D eigenvalue weighted by atomic mass is 35.5. The van der Waals surface area contributed by atoms with Crippen LogP contribution in [-0.2, 0) is 10.0 Å². The van der Waals surface area contributed by atoms with Crippen molar-refractivity contribution in [2.45, 2.75) is 56.4 Å². The number of anilines is 1. The molecule has 1 aliphatic rings. The van der Waals surface area contributed by atoms with E-state index in [1.165, 1.54) is 31.4 Å². The van der Waals surface area contributed by atoms with Gasteiger partial charge < -0.3 is 5.73 Å².